The number of nitrogens with zero attached hydrogens (tertiary/aromatic N) is 3. The highest BCUT2D eigenvalue weighted by Gasteiger charge is 2.38. The number of fused-ring (bicyclic) bond motifs is 3. The van der Waals surface area contributed by atoms with E-state index >= 15 is 0 Å². The molecule has 1 atom stereocenters. The van der Waals surface area contributed by atoms with Crippen molar-refractivity contribution in [3.05, 3.63) is 108 Å². The fourth-order valence-corrected chi connectivity index (χ4v) is 4.75. The normalized spacial score (nSPS) is 14.3. The summed E-state index contributed by atoms with van der Waals surface area (Å²) in [7, 11) is 0. The zero-order valence-corrected chi connectivity index (χ0v) is 20.1. The number of halogens is 1. The van der Waals surface area contributed by atoms with Gasteiger partial charge in [-0.15, -0.1) is 0 Å². The van der Waals surface area contributed by atoms with Crippen LogP contribution in [0.2, 0.25) is 0 Å². The van der Waals surface area contributed by atoms with Crippen LogP contribution in [0, 0.1) is 5.82 Å². The maximum absolute atomic E-state index is 14.0. The number of aromatic nitrogens is 1. The number of para-hydroxylation sites is 2. The zero-order chi connectivity index (χ0) is 25.1. The molecule has 0 fully saturated rings. The number of anilines is 1. The van der Waals surface area contributed by atoms with Crippen LogP contribution in [0.1, 0.15) is 42.8 Å². The Morgan fingerprint density at radius 3 is 2.47 bits per heavy atom. The molecule has 2 aromatic carbocycles. The lowest BCUT2D eigenvalue weighted by molar-refractivity contribution is -0.135. The number of hydrogen-bond acceptors (Lipinski definition) is 3. The molecule has 4 aromatic rings. The first-order valence-corrected chi connectivity index (χ1v) is 12.2. The summed E-state index contributed by atoms with van der Waals surface area (Å²) < 4.78 is 21.2. The molecule has 5 rings (SSSR count). The van der Waals surface area contributed by atoms with E-state index in [1.165, 1.54) is 12.1 Å². The van der Waals surface area contributed by atoms with Crippen LogP contribution in [0.3, 0.4) is 0 Å². The predicted molar refractivity (Wildman–Crippen MR) is 135 cm³/mol. The quantitative estimate of drug-likeness (QED) is 0.330. The van der Waals surface area contributed by atoms with Crippen molar-refractivity contribution >= 4 is 17.5 Å². The van der Waals surface area contributed by atoms with Crippen LogP contribution in [0.25, 0.3) is 5.69 Å². The van der Waals surface area contributed by atoms with Gasteiger partial charge in [0, 0.05) is 12.7 Å². The van der Waals surface area contributed by atoms with E-state index in [-0.39, 0.29) is 30.6 Å². The van der Waals surface area contributed by atoms with Crippen LogP contribution in [0.15, 0.2) is 89.7 Å². The SMILES string of the molecule is CCCCN(CC(=O)N1c2ccccc2-n2cccc2C1c1ccco1)C(=O)Cc1ccc(F)cc1. The molecule has 3 heterocycles. The third kappa shape index (κ3) is 4.56. The number of carbonyl (C=O) groups excluding carboxylic acids is 2. The van der Waals surface area contributed by atoms with Crippen LogP contribution in [-0.2, 0) is 16.0 Å². The van der Waals surface area contributed by atoms with E-state index in [0.29, 0.717) is 17.9 Å². The number of furan rings is 1. The van der Waals surface area contributed by atoms with Crippen LogP contribution < -0.4 is 4.90 Å². The second-order valence-corrected chi connectivity index (χ2v) is 8.95. The first-order chi connectivity index (χ1) is 17.6. The highest BCUT2D eigenvalue weighted by Crippen LogP contribution is 2.42. The third-order valence-electron chi connectivity index (χ3n) is 6.53. The number of unbranched alkanes of at least 4 members (excludes halogenated alkanes) is 1. The average molecular weight is 486 g/mol. The summed E-state index contributed by atoms with van der Waals surface area (Å²) >= 11 is 0. The van der Waals surface area contributed by atoms with E-state index in [2.05, 4.69) is 4.57 Å². The number of carbonyl (C=O) groups is 2. The van der Waals surface area contributed by atoms with Crippen LogP contribution in [-0.4, -0.2) is 34.4 Å². The molecule has 0 saturated carbocycles. The van der Waals surface area contributed by atoms with Crippen LogP contribution >= 0.6 is 0 Å². The number of amides is 2. The summed E-state index contributed by atoms with van der Waals surface area (Å²) in [4.78, 5) is 30.6. The largest absolute Gasteiger partial charge is 0.467 e. The molecule has 1 aliphatic rings. The Labute approximate surface area is 209 Å². The first-order valence-electron chi connectivity index (χ1n) is 12.2. The molecule has 2 aromatic heterocycles. The number of rotatable bonds is 8. The lowest BCUT2D eigenvalue weighted by Gasteiger charge is -2.38. The van der Waals surface area contributed by atoms with E-state index in [0.717, 1.165) is 29.9 Å². The molecular formula is C29H28FN3O3. The van der Waals surface area contributed by atoms with Gasteiger partial charge in [0.25, 0.3) is 0 Å². The molecule has 0 aliphatic carbocycles. The summed E-state index contributed by atoms with van der Waals surface area (Å²) in [5.41, 5.74) is 3.28. The highest BCUT2D eigenvalue weighted by atomic mass is 19.1. The lowest BCUT2D eigenvalue weighted by Crippen LogP contribution is -2.47. The van der Waals surface area contributed by atoms with Gasteiger partial charge in [0.2, 0.25) is 11.8 Å². The predicted octanol–water partition coefficient (Wildman–Crippen LogP) is 5.52. The highest BCUT2D eigenvalue weighted by molar-refractivity contribution is 6.00. The number of hydrogen-bond donors (Lipinski definition) is 0. The fraction of sp³-hybridized carbons (Fsp3) is 0.241. The van der Waals surface area contributed by atoms with Crippen molar-refractivity contribution in [2.75, 3.05) is 18.0 Å². The maximum atomic E-state index is 14.0. The van der Waals surface area contributed by atoms with E-state index in [4.69, 9.17) is 4.42 Å². The molecule has 1 aliphatic heterocycles. The van der Waals surface area contributed by atoms with Gasteiger partial charge in [-0.25, -0.2) is 4.39 Å². The van der Waals surface area contributed by atoms with Crippen molar-refractivity contribution in [2.24, 2.45) is 0 Å². The molecule has 1 unspecified atom stereocenters. The summed E-state index contributed by atoms with van der Waals surface area (Å²) in [5, 5.41) is 0. The van der Waals surface area contributed by atoms with Gasteiger partial charge in [-0.2, -0.15) is 0 Å². The first kappa shape index (κ1) is 23.6. The molecule has 0 bridgehead atoms. The monoisotopic (exact) mass is 485 g/mol. The molecule has 0 spiro atoms. The van der Waals surface area contributed by atoms with Gasteiger partial charge in [0.1, 0.15) is 24.2 Å². The van der Waals surface area contributed by atoms with E-state index in [9.17, 15) is 14.0 Å². The van der Waals surface area contributed by atoms with Gasteiger partial charge >= 0.3 is 0 Å². The van der Waals surface area contributed by atoms with Gasteiger partial charge in [-0.1, -0.05) is 37.6 Å². The smallest absolute Gasteiger partial charge is 0.247 e. The second-order valence-electron chi connectivity index (χ2n) is 8.95. The van der Waals surface area contributed by atoms with Crippen molar-refractivity contribution in [3.8, 4) is 5.69 Å². The molecule has 6 nitrogen and oxygen atoms in total. The number of benzene rings is 2. The summed E-state index contributed by atoms with van der Waals surface area (Å²) in [6.45, 7) is 2.46. The molecule has 7 heteroatoms. The summed E-state index contributed by atoms with van der Waals surface area (Å²) in [5.74, 6) is -0.0521. The van der Waals surface area contributed by atoms with Gasteiger partial charge in [-0.3, -0.25) is 14.5 Å². The Hall–Kier alpha value is -4.13. The lowest BCUT2D eigenvalue weighted by atomic mass is 10.0. The Morgan fingerprint density at radius 2 is 1.75 bits per heavy atom. The van der Waals surface area contributed by atoms with E-state index < -0.39 is 6.04 Å². The fourth-order valence-electron chi connectivity index (χ4n) is 4.75. The van der Waals surface area contributed by atoms with Gasteiger partial charge < -0.3 is 13.9 Å². The molecule has 0 radical (unpaired) electrons. The Kier molecular flexibility index (Phi) is 6.71. The van der Waals surface area contributed by atoms with E-state index in [1.807, 2.05) is 61.7 Å². The molecule has 2 amide bonds. The van der Waals surface area contributed by atoms with Crippen molar-refractivity contribution in [1.29, 1.82) is 0 Å². The standard InChI is InChI=1S/C29H28FN3O3/c1-2-3-16-31(27(34)19-21-12-14-22(30)15-13-21)20-28(35)33-24-9-5-4-8-23(24)32-17-6-10-25(32)29(33)26-11-7-18-36-26/h4-15,17-18,29H,2-3,16,19-20H2,1H3. The zero-order valence-electron chi connectivity index (χ0n) is 20.1. The average Bonchev–Trinajstić information content (AvgIpc) is 3.59. The summed E-state index contributed by atoms with van der Waals surface area (Å²) in [6.07, 6.45) is 5.36. The minimum atomic E-state index is -0.461. The topological polar surface area (TPSA) is 58.7 Å². The van der Waals surface area contributed by atoms with Gasteiger partial charge in [0.05, 0.1) is 29.8 Å². The van der Waals surface area contributed by atoms with Crippen LogP contribution in [0.5, 0.6) is 0 Å². The maximum Gasteiger partial charge on any atom is 0.247 e. The third-order valence-corrected chi connectivity index (χ3v) is 6.53. The molecule has 184 valence electrons. The molecule has 36 heavy (non-hydrogen) atoms. The summed E-state index contributed by atoms with van der Waals surface area (Å²) in [6, 6.07) is 20.8. The van der Waals surface area contributed by atoms with Crippen molar-refractivity contribution < 1.29 is 18.4 Å². The Morgan fingerprint density at radius 1 is 0.972 bits per heavy atom. The molecule has 0 N–H and O–H groups in total. The van der Waals surface area contributed by atoms with Crippen LogP contribution in [0.4, 0.5) is 10.1 Å². The molecular weight excluding hydrogens is 457 g/mol. The van der Waals surface area contributed by atoms with Crippen molar-refractivity contribution in [1.82, 2.24) is 9.47 Å². The Balaban J connectivity index is 1.47. The Bertz CT molecular complexity index is 1340. The second kappa shape index (κ2) is 10.2. The van der Waals surface area contributed by atoms with Crippen molar-refractivity contribution in [3.63, 3.8) is 0 Å². The minimum Gasteiger partial charge on any atom is -0.467 e. The minimum absolute atomic E-state index is 0.0632. The van der Waals surface area contributed by atoms with Gasteiger partial charge in [-0.05, 0) is 60.5 Å². The van der Waals surface area contributed by atoms with E-state index in [1.54, 1.807) is 28.2 Å². The van der Waals surface area contributed by atoms with Gasteiger partial charge in [0.15, 0.2) is 0 Å². The molecule has 0 saturated heterocycles. The van der Waals surface area contributed by atoms with Crippen molar-refractivity contribution in [2.45, 2.75) is 32.2 Å².